The lowest BCUT2D eigenvalue weighted by Crippen LogP contribution is -2.24. The monoisotopic (exact) mass is 295 g/mol. The maximum atomic E-state index is 12.3. The smallest absolute Gasteiger partial charge is 0.342 e. The molecule has 0 fully saturated rings. The summed E-state index contributed by atoms with van der Waals surface area (Å²) in [5.74, 6) is -0.353. The van der Waals surface area contributed by atoms with Crippen molar-refractivity contribution in [2.24, 2.45) is 0 Å². The highest BCUT2D eigenvalue weighted by Crippen LogP contribution is 2.38. The number of hydrogen-bond donors (Lipinski definition) is 1. The van der Waals surface area contributed by atoms with Gasteiger partial charge < -0.3 is 10.5 Å². The first-order valence-corrected chi connectivity index (χ1v) is 7.70. The fourth-order valence-corrected chi connectivity index (χ4v) is 3.54. The fraction of sp³-hybridized carbons (Fsp3) is 0.357. The third-order valence-electron chi connectivity index (χ3n) is 2.53. The number of ether oxygens (including phenoxy) is 1. The molecule has 0 atom stereocenters. The quantitative estimate of drug-likeness (QED) is 0.839. The molecule has 0 bridgehead atoms. The van der Waals surface area contributed by atoms with Crippen LogP contribution in [0.4, 0.5) is 5.00 Å². The van der Waals surface area contributed by atoms with Crippen molar-refractivity contribution in [1.82, 2.24) is 0 Å². The first kappa shape index (κ1) is 14.1. The van der Waals surface area contributed by atoms with Gasteiger partial charge in [0.05, 0.1) is 0 Å². The number of rotatable bonds is 2. The first-order valence-electron chi connectivity index (χ1n) is 5.94. The minimum Gasteiger partial charge on any atom is -0.456 e. The van der Waals surface area contributed by atoms with E-state index in [4.69, 9.17) is 10.5 Å². The zero-order valence-electron chi connectivity index (χ0n) is 11.4. The SMILES string of the molecule is Cc1ccsc1-c1csc(N)c1C(=O)OC(C)(C)C. The molecule has 0 aliphatic heterocycles. The molecule has 5 heteroatoms. The molecule has 0 saturated carbocycles. The van der Waals surface area contributed by atoms with E-state index in [1.54, 1.807) is 11.3 Å². The van der Waals surface area contributed by atoms with Gasteiger partial charge in [0.25, 0.3) is 0 Å². The summed E-state index contributed by atoms with van der Waals surface area (Å²) in [7, 11) is 0. The van der Waals surface area contributed by atoms with Crippen molar-refractivity contribution in [2.75, 3.05) is 5.73 Å². The molecule has 102 valence electrons. The normalized spacial score (nSPS) is 11.6. The van der Waals surface area contributed by atoms with E-state index < -0.39 is 5.60 Å². The molecule has 0 radical (unpaired) electrons. The molecule has 0 aliphatic carbocycles. The van der Waals surface area contributed by atoms with Gasteiger partial charge in [-0.2, -0.15) is 0 Å². The third-order valence-corrected chi connectivity index (χ3v) is 4.39. The first-order chi connectivity index (χ1) is 8.79. The highest BCUT2D eigenvalue weighted by Gasteiger charge is 2.25. The maximum Gasteiger partial charge on any atom is 0.342 e. The Hall–Kier alpha value is -1.33. The summed E-state index contributed by atoms with van der Waals surface area (Å²) in [5, 5.41) is 4.45. The van der Waals surface area contributed by atoms with E-state index in [0.717, 1.165) is 16.0 Å². The Morgan fingerprint density at radius 3 is 2.53 bits per heavy atom. The second kappa shape index (κ2) is 4.98. The molecule has 0 aromatic carbocycles. The molecule has 2 heterocycles. The van der Waals surface area contributed by atoms with Crippen molar-refractivity contribution < 1.29 is 9.53 Å². The van der Waals surface area contributed by atoms with Crippen LogP contribution in [0.1, 0.15) is 36.7 Å². The van der Waals surface area contributed by atoms with Crippen LogP contribution in [0.2, 0.25) is 0 Å². The lowest BCUT2D eigenvalue weighted by molar-refractivity contribution is 0.00723. The molecule has 0 aliphatic rings. The van der Waals surface area contributed by atoms with Crippen LogP contribution in [0.5, 0.6) is 0 Å². The summed E-state index contributed by atoms with van der Waals surface area (Å²) in [6, 6.07) is 2.03. The summed E-state index contributed by atoms with van der Waals surface area (Å²) < 4.78 is 5.43. The Kier molecular flexibility index (Phi) is 3.69. The molecule has 2 N–H and O–H groups in total. The Morgan fingerprint density at radius 1 is 1.32 bits per heavy atom. The summed E-state index contributed by atoms with van der Waals surface area (Å²) in [6.07, 6.45) is 0. The topological polar surface area (TPSA) is 52.3 Å². The van der Waals surface area contributed by atoms with E-state index >= 15 is 0 Å². The minimum absolute atomic E-state index is 0.353. The van der Waals surface area contributed by atoms with Crippen molar-refractivity contribution >= 4 is 33.6 Å². The second-order valence-corrected chi connectivity index (χ2v) is 7.15. The van der Waals surface area contributed by atoms with Crippen LogP contribution >= 0.6 is 22.7 Å². The number of nitrogen functional groups attached to an aromatic ring is 1. The molecule has 2 rings (SSSR count). The second-order valence-electron chi connectivity index (χ2n) is 5.32. The number of esters is 1. The Morgan fingerprint density at radius 2 is 2.00 bits per heavy atom. The van der Waals surface area contributed by atoms with Crippen LogP contribution in [0.15, 0.2) is 16.8 Å². The van der Waals surface area contributed by atoms with Crippen LogP contribution in [0.3, 0.4) is 0 Å². The molecule has 0 spiro atoms. The number of hydrogen-bond acceptors (Lipinski definition) is 5. The number of thiophene rings is 2. The van der Waals surface area contributed by atoms with E-state index in [-0.39, 0.29) is 5.97 Å². The summed E-state index contributed by atoms with van der Waals surface area (Å²) in [6.45, 7) is 7.58. The fourth-order valence-electron chi connectivity index (χ4n) is 1.73. The number of aryl methyl sites for hydroxylation is 1. The van der Waals surface area contributed by atoms with Crippen LogP contribution in [-0.4, -0.2) is 11.6 Å². The zero-order valence-corrected chi connectivity index (χ0v) is 13.1. The van der Waals surface area contributed by atoms with Gasteiger partial charge in [0.15, 0.2) is 0 Å². The van der Waals surface area contributed by atoms with Gasteiger partial charge in [-0.3, -0.25) is 0 Å². The molecule has 0 unspecified atom stereocenters. The summed E-state index contributed by atoms with van der Waals surface area (Å²) in [4.78, 5) is 13.4. The number of carbonyl (C=O) groups is 1. The van der Waals surface area contributed by atoms with Crippen molar-refractivity contribution in [3.63, 3.8) is 0 Å². The van der Waals surface area contributed by atoms with Gasteiger partial charge in [-0.1, -0.05) is 0 Å². The Labute approximate surface area is 121 Å². The van der Waals surface area contributed by atoms with Gasteiger partial charge in [-0.15, -0.1) is 22.7 Å². The Balaban J connectivity index is 2.44. The predicted octanol–water partition coefficient (Wildman–Crippen LogP) is 4.32. The van der Waals surface area contributed by atoms with Gasteiger partial charge >= 0.3 is 5.97 Å². The van der Waals surface area contributed by atoms with E-state index in [1.165, 1.54) is 11.3 Å². The highest BCUT2D eigenvalue weighted by molar-refractivity contribution is 7.16. The van der Waals surface area contributed by atoms with Crippen LogP contribution in [0.25, 0.3) is 10.4 Å². The van der Waals surface area contributed by atoms with E-state index in [0.29, 0.717) is 10.6 Å². The van der Waals surface area contributed by atoms with Gasteiger partial charge in [0.1, 0.15) is 16.2 Å². The molecule has 2 aromatic rings. The molecule has 0 saturated heterocycles. The maximum absolute atomic E-state index is 12.3. The number of anilines is 1. The third kappa shape index (κ3) is 2.98. The lowest BCUT2D eigenvalue weighted by atomic mass is 10.1. The largest absolute Gasteiger partial charge is 0.456 e. The van der Waals surface area contributed by atoms with Crippen molar-refractivity contribution in [1.29, 1.82) is 0 Å². The highest BCUT2D eigenvalue weighted by atomic mass is 32.1. The van der Waals surface area contributed by atoms with Gasteiger partial charge in [0.2, 0.25) is 0 Å². The molecule has 19 heavy (non-hydrogen) atoms. The molecule has 3 nitrogen and oxygen atoms in total. The Bertz CT molecular complexity index is 605. The van der Waals surface area contributed by atoms with E-state index in [9.17, 15) is 4.79 Å². The summed E-state index contributed by atoms with van der Waals surface area (Å²) >= 11 is 2.98. The molecular formula is C14H17NO2S2. The number of carbonyl (C=O) groups excluding carboxylic acids is 1. The van der Waals surface area contributed by atoms with Gasteiger partial charge in [-0.05, 0) is 44.7 Å². The predicted molar refractivity (Wildman–Crippen MR) is 81.9 cm³/mol. The van der Waals surface area contributed by atoms with Gasteiger partial charge in [0, 0.05) is 15.8 Å². The van der Waals surface area contributed by atoms with E-state index in [2.05, 4.69) is 0 Å². The molecule has 0 amide bonds. The summed E-state index contributed by atoms with van der Waals surface area (Å²) in [5.41, 5.74) is 7.94. The van der Waals surface area contributed by atoms with E-state index in [1.807, 2.05) is 44.5 Å². The number of nitrogens with two attached hydrogens (primary N) is 1. The lowest BCUT2D eigenvalue weighted by Gasteiger charge is -2.19. The van der Waals surface area contributed by atoms with Crippen molar-refractivity contribution in [2.45, 2.75) is 33.3 Å². The minimum atomic E-state index is -0.521. The van der Waals surface area contributed by atoms with Crippen LogP contribution in [0, 0.1) is 6.92 Å². The van der Waals surface area contributed by atoms with Crippen molar-refractivity contribution in [3.05, 3.63) is 28.0 Å². The average molecular weight is 295 g/mol. The van der Waals surface area contributed by atoms with Gasteiger partial charge in [-0.25, -0.2) is 4.79 Å². The zero-order chi connectivity index (χ0) is 14.2. The molecule has 2 aromatic heterocycles. The van der Waals surface area contributed by atoms with Crippen LogP contribution in [-0.2, 0) is 4.74 Å². The standard InChI is InChI=1S/C14H17NO2S2/c1-8-5-6-18-11(8)9-7-19-12(15)10(9)13(16)17-14(2,3)4/h5-7H,15H2,1-4H3. The van der Waals surface area contributed by atoms with Crippen molar-refractivity contribution in [3.8, 4) is 10.4 Å². The molecular weight excluding hydrogens is 278 g/mol. The van der Waals surface area contributed by atoms with Crippen LogP contribution < -0.4 is 5.73 Å². The average Bonchev–Trinajstić information content (AvgIpc) is 2.81.